The van der Waals surface area contributed by atoms with E-state index in [0.717, 1.165) is 6.42 Å². The van der Waals surface area contributed by atoms with Crippen LogP contribution in [0.25, 0.3) is 0 Å². The van der Waals surface area contributed by atoms with Crippen molar-refractivity contribution in [2.75, 3.05) is 25.9 Å². The first-order valence-corrected chi connectivity index (χ1v) is 7.85. The summed E-state index contributed by atoms with van der Waals surface area (Å²) in [5.41, 5.74) is 0.701. The third-order valence-electron chi connectivity index (χ3n) is 2.64. The zero-order valence-electron chi connectivity index (χ0n) is 11.7. The molecule has 0 saturated heterocycles. The van der Waals surface area contributed by atoms with Gasteiger partial charge in [0.25, 0.3) is 0 Å². The highest BCUT2D eigenvalue weighted by molar-refractivity contribution is 7.89. The fourth-order valence-corrected chi connectivity index (χ4v) is 2.25. The smallest absolute Gasteiger partial charge is 0.246 e. The van der Waals surface area contributed by atoms with Gasteiger partial charge in [-0.2, -0.15) is 0 Å². The average molecular weight is 276 g/mol. The lowest BCUT2D eigenvalue weighted by Gasteiger charge is -2.15. The minimum Gasteiger partial charge on any atom is -0.352 e. The molecule has 0 unspecified atom stereocenters. The van der Waals surface area contributed by atoms with Gasteiger partial charge in [0.05, 0.1) is 5.75 Å². The standard InChI is InChI=1S/C12H24N2O3S/c1-5-8-11(3)12(15)13-9-7-10-14(4)18(16,17)6-2/h8H,5-7,9-10H2,1-4H3,(H,13,15)/b11-8+. The van der Waals surface area contributed by atoms with Gasteiger partial charge in [-0.3, -0.25) is 4.79 Å². The van der Waals surface area contributed by atoms with Crippen LogP contribution in [0.5, 0.6) is 0 Å². The molecule has 0 spiro atoms. The number of allylic oxidation sites excluding steroid dienone is 1. The van der Waals surface area contributed by atoms with Gasteiger partial charge in [0.1, 0.15) is 0 Å². The van der Waals surface area contributed by atoms with E-state index in [4.69, 9.17) is 0 Å². The molecular weight excluding hydrogens is 252 g/mol. The number of carbonyl (C=O) groups is 1. The molecule has 0 heterocycles. The second-order valence-corrected chi connectivity index (χ2v) is 6.49. The van der Waals surface area contributed by atoms with Gasteiger partial charge in [0.15, 0.2) is 0 Å². The summed E-state index contributed by atoms with van der Waals surface area (Å²) in [6.45, 7) is 6.27. The van der Waals surface area contributed by atoms with Crippen LogP contribution in [0.1, 0.15) is 33.6 Å². The maximum absolute atomic E-state index is 11.5. The van der Waals surface area contributed by atoms with E-state index in [0.29, 0.717) is 25.1 Å². The third-order valence-corrected chi connectivity index (χ3v) is 4.51. The molecule has 5 nitrogen and oxygen atoms in total. The molecule has 0 atom stereocenters. The van der Waals surface area contributed by atoms with Crippen LogP contribution in [0.3, 0.4) is 0 Å². The van der Waals surface area contributed by atoms with Crippen LogP contribution < -0.4 is 5.32 Å². The summed E-state index contributed by atoms with van der Waals surface area (Å²) in [5, 5.41) is 2.76. The Balaban J connectivity index is 3.95. The molecule has 18 heavy (non-hydrogen) atoms. The average Bonchev–Trinajstić information content (AvgIpc) is 2.34. The van der Waals surface area contributed by atoms with E-state index in [1.54, 1.807) is 20.9 Å². The molecule has 0 aromatic rings. The van der Waals surface area contributed by atoms with Gasteiger partial charge in [-0.15, -0.1) is 0 Å². The quantitative estimate of drug-likeness (QED) is 0.534. The summed E-state index contributed by atoms with van der Waals surface area (Å²) < 4.78 is 24.2. The molecule has 0 rings (SSSR count). The van der Waals surface area contributed by atoms with Crippen LogP contribution in [-0.2, 0) is 14.8 Å². The number of nitrogens with one attached hydrogen (secondary N) is 1. The lowest BCUT2D eigenvalue weighted by Crippen LogP contribution is -2.32. The zero-order chi connectivity index (χ0) is 14.2. The van der Waals surface area contributed by atoms with Crippen LogP contribution in [0, 0.1) is 0 Å². The molecule has 106 valence electrons. The topological polar surface area (TPSA) is 66.5 Å². The normalized spacial score (nSPS) is 12.8. The number of rotatable bonds is 8. The Morgan fingerprint density at radius 2 is 1.94 bits per heavy atom. The molecule has 0 aliphatic rings. The summed E-state index contributed by atoms with van der Waals surface area (Å²) in [7, 11) is -1.56. The van der Waals surface area contributed by atoms with Gasteiger partial charge in [0, 0.05) is 25.7 Å². The maximum atomic E-state index is 11.5. The lowest BCUT2D eigenvalue weighted by molar-refractivity contribution is -0.117. The van der Waals surface area contributed by atoms with Crippen molar-refractivity contribution in [3.63, 3.8) is 0 Å². The second kappa shape index (κ2) is 8.26. The largest absolute Gasteiger partial charge is 0.352 e. The van der Waals surface area contributed by atoms with Crippen LogP contribution in [0.15, 0.2) is 11.6 Å². The molecule has 0 aromatic carbocycles. The molecule has 0 radical (unpaired) electrons. The molecule has 1 amide bonds. The fraction of sp³-hybridized carbons (Fsp3) is 0.750. The summed E-state index contributed by atoms with van der Waals surface area (Å²) in [5.74, 6) is 0.0200. The number of hydrogen-bond donors (Lipinski definition) is 1. The van der Waals surface area contributed by atoms with Gasteiger partial charge in [0.2, 0.25) is 15.9 Å². The summed E-state index contributed by atoms with van der Waals surface area (Å²) in [6.07, 6.45) is 3.31. The lowest BCUT2D eigenvalue weighted by atomic mass is 10.2. The first-order chi connectivity index (χ1) is 8.35. The van der Waals surface area contributed by atoms with Crippen molar-refractivity contribution in [1.82, 2.24) is 9.62 Å². The second-order valence-electron chi connectivity index (χ2n) is 4.13. The molecule has 0 saturated carbocycles. The predicted molar refractivity (Wildman–Crippen MR) is 73.8 cm³/mol. The van der Waals surface area contributed by atoms with Gasteiger partial charge in [-0.05, 0) is 26.7 Å². The van der Waals surface area contributed by atoms with Crippen molar-refractivity contribution in [3.05, 3.63) is 11.6 Å². The van der Waals surface area contributed by atoms with Crippen LogP contribution in [-0.4, -0.2) is 44.5 Å². The van der Waals surface area contributed by atoms with Gasteiger partial charge in [-0.25, -0.2) is 12.7 Å². The van der Waals surface area contributed by atoms with E-state index in [1.165, 1.54) is 4.31 Å². The highest BCUT2D eigenvalue weighted by Gasteiger charge is 2.14. The summed E-state index contributed by atoms with van der Waals surface area (Å²) in [4.78, 5) is 11.5. The van der Waals surface area contributed by atoms with Crippen molar-refractivity contribution < 1.29 is 13.2 Å². The van der Waals surface area contributed by atoms with Crippen molar-refractivity contribution in [3.8, 4) is 0 Å². The molecule has 0 aliphatic carbocycles. The fourth-order valence-electron chi connectivity index (χ4n) is 1.40. The van der Waals surface area contributed by atoms with E-state index in [9.17, 15) is 13.2 Å². The number of sulfonamides is 1. The highest BCUT2D eigenvalue weighted by atomic mass is 32.2. The van der Waals surface area contributed by atoms with E-state index >= 15 is 0 Å². The van der Waals surface area contributed by atoms with E-state index in [2.05, 4.69) is 5.32 Å². The minimum absolute atomic E-state index is 0.0853. The van der Waals surface area contributed by atoms with Crippen molar-refractivity contribution >= 4 is 15.9 Å². The van der Waals surface area contributed by atoms with Crippen LogP contribution in [0.2, 0.25) is 0 Å². The van der Waals surface area contributed by atoms with Crippen molar-refractivity contribution in [2.45, 2.75) is 33.6 Å². The Bertz CT molecular complexity index is 388. The Kier molecular flexibility index (Phi) is 7.86. The molecule has 0 bridgehead atoms. The van der Waals surface area contributed by atoms with Crippen LogP contribution >= 0.6 is 0 Å². The highest BCUT2D eigenvalue weighted by Crippen LogP contribution is 1.99. The van der Waals surface area contributed by atoms with Gasteiger partial charge >= 0.3 is 0 Å². The molecule has 6 heteroatoms. The molecule has 0 aromatic heterocycles. The SMILES string of the molecule is CC/C=C(\C)C(=O)NCCCN(C)S(=O)(=O)CC. The molecular formula is C12H24N2O3S. The number of hydrogen-bond acceptors (Lipinski definition) is 3. The first-order valence-electron chi connectivity index (χ1n) is 6.24. The van der Waals surface area contributed by atoms with Gasteiger partial charge < -0.3 is 5.32 Å². The minimum atomic E-state index is -3.11. The number of carbonyl (C=O) groups excluding carboxylic acids is 1. The van der Waals surface area contributed by atoms with Crippen molar-refractivity contribution in [1.29, 1.82) is 0 Å². The molecule has 0 aliphatic heterocycles. The number of amides is 1. The van der Waals surface area contributed by atoms with Crippen LogP contribution in [0.4, 0.5) is 0 Å². The summed E-state index contributed by atoms with van der Waals surface area (Å²) in [6, 6.07) is 0. The van der Waals surface area contributed by atoms with Gasteiger partial charge in [-0.1, -0.05) is 13.0 Å². The first kappa shape index (κ1) is 17.1. The number of nitrogens with zero attached hydrogens (tertiary/aromatic N) is 1. The Labute approximate surface area is 110 Å². The Morgan fingerprint density at radius 1 is 1.33 bits per heavy atom. The zero-order valence-corrected chi connectivity index (χ0v) is 12.5. The predicted octanol–water partition coefficient (Wildman–Crippen LogP) is 1.13. The Morgan fingerprint density at radius 3 is 2.44 bits per heavy atom. The third kappa shape index (κ3) is 6.16. The van der Waals surface area contributed by atoms with E-state index < -0.39 is 10.0 Å². The Hall–Kier alpha value is -0.880. The maximum Gasteiger partial charge on any atom is 0.246 e. The summed E-state index contributed by atoms with van der Waals surface area (Å²) >= 11 is 0. The van der Waals surface area contributed by atoms with E-state index in [1.807, 2.05) is 13.0 Å². The molecule has 0 fully saturated rings. The monoisotopic (exact) mass is 276 g/mol. The van der Waals surface area contributed by atoms with Crippen molar-refractivity contribution in [2.24, 2.45) is 0 Å². The van der Waals surface area contributed by atoms with E-state index in [-0.39, 0.29) is 11.7 Å². The molecule has 1 N–H and O–H groups in total.